The Balaban J connectivity index is 2.85. The van der Waals surface area contributed by atoms with Crippen LogP contribution in [0.5, 0.6) is 0 Å². The maximum Gasteiger partial charge on any atom is 0.350 e. The highest BCUT2D eigenvalue weighted by Crippen LogP contribution is 2.17. The van der Waals surface area contributed by atoms with E-state index < -0.39 is 21.8 Å². The van der Waals surface area contributed by atoms with Crippen molar-refractivity contribution in [3.63, 3.8) is 0 Å². The molecule has 0 amide bonds. The van der Waals surface area contributed by atoms with Crippen LogP contribution < -0.4 is 5.32 Å². The minimum Gasteiger partial charge on any atom is -0.311 e. The molecule has 4 nitrogen and oxygen atoms in total. The zero-order valence-corrected chi connectivity index (χ0v) is 8.89. The van der Waals surface area contributed by atoms with Gasteiger partial charge in [-0.05, 0) is 13.8 Å². The van der Waals surface area contributed by atoms with Crippen molar-refractivity contribution in [2.24, 2.45) is 0 Å². The molecule has 0 aromatic rings. The fourth-order valence-electron chi connectivity index (χ4n) is 1.45. The summed E-state index contributed by atoms with van der Waals surface area (Å²) in [6.45, 7) is 3.89. The van der Waals surface area contributed by atoms with E-state index in [-0.39, 0.29) is 12.6 Å². The van der Waals surface area contributed by atoms with E-state index in [0.29, 0.717) is 6.54 Å². The SMILES string of the molecule is CC1CN(S(=O)(=O)C(F)F)C(C)CN1. The van der Waals surface area contributed by atoms with Gasteiger partial charge in [-0.3, -0.25) is 0 Å². The smallest absolute Gasteiger partial charge is 0.311 e. The molecule has 2 unspecified atom stereocenters. The maximum absolute atomic E-state index is 12.2. The largest absolute Gasteiger partial charge is 0.350 e. The number of piperazine rings is 1. The molecule has 1 heterocycles. The molecule has 1 saturated heterocycles. The van der Waals surface area contributed by atoms with Gasteiger partial charge in [0.25, 0.3) is 10.0 Å². The molecule has 0 aromatic heterocycles. The molecule has 0 saturated carbocycles. The van der Waals surface area contributed by atoms with Crippen LogP contribution in [0.25, 0.3) is 0 Å². The molecule has 1 aliphatic heterocycles. The van der Waals surface area contributed by atoms with Crippen molar-refractivity contribution in [2.45, 2.75) is 31.7 Å². The second-order valence-electron chi connectivity index (χ2n) is 3.53. The Bertz CT molecular complexity index is 294. The summed E-state index contributed by atoms with van der Waals surface area (Å²) in [4.78, 5) is 0. The van der Waals surface area contributed by atoms with E-state index in [9.17, 15) is 17.2 Å². The van der Waals surface area contributed by atoms with Crippen LogP contribution in [0, 0.1) is 0 Å². The number of halogens is 2. The van der Waals surface area contributed by atoms with Crippen LogP contribution in [0.4, 0.5) is 8.78 Å². The molecule has 1 N–H and O–H groups in total. The topological polar surface area (TPSA) is 49.4 Å². The highest BCUT2D eigenvalue weighted by atomic mass is 32.2. The molecule has 7 heteroatoms. The first-order valence-electron chi connectivity index (χ1n) is 4.38. The van der Waals surface area contributed by atoms with Gasteiger partial charge in [-0.15, -0.1) is 0 Å². The van der Waals surface area contributed by atoms with Crippen molar-refractivity contribution in [1.29, 1.82) is 0 Å². The Morgan fingerprint density at radius 3 is 2.50 bits per heavy atom. The van der Waals surface area contributed by atoms with Crippen molar-refractivity contribution in [1.82, 2.24) is 9.62 Å². The average molecular weight is 228 g/mol. The van der Waals surface area contributed by atoms with E-state index in [4.69, 9.17) is 0 Å². The number of hydrogen-bond donors (Lipinski definition) is 1. The first-order valence-corrected chi connectivity index (χ1v) is 5.88. The van der Waals surface area contributed by atoms with Crippen LogP contribution in [0.3, 0.4) is 0 Å². The van der Waals surface area contributed by atoms with Gasteiger partial charge < -0.3 is 5.32 Å². The monoisotopic (exact) mass is 228 g/mol. The highest BCUT2D eigenvalue weighted by molar-refractivity contribution is 7.89. The minimum atomic E-state index is -4.42. The molecule has 1 fully saturated rings. The molecular weight excluding hydrogens is 214 g/mol. The number of alkyl halides is 2. The number of rotatable bonds is 2. The molecule has 0 aromatic carbocycles. The quantitative estimate of drug-likeness (QED) is 0.735. The lowest BCUT2D eigenvalue weighted by Gasteiger charge is -2.35. The van der Waals surface area contributed by atoms with Crippen molar-refractivity contribution < 1.29 is 17.2 Å². The van der Waals surface area contributed by atoms with Gasteiger partial charge in [-0.1, -0.05) is 0 Å². The van der Waals surface area contributed by atoms with Crippen LogP contribution >= 0.6 is 0 Å². The molecule has 14 heavy (non-hydrogen) atoms. The van der Waals surface area contributed by atoms with Crippen molar-refractivity contribution in [3.05, 3.63) is 0 Å². The Labute approximate surface area is 82.3 Å². The molecule has 2 atom stereocenters. The van der Waals surface area contributed by atoms with E-state index in [2.05, 4.69) is 5.32 Å². The average Bonchev–Trinajstić information content (AvgIpc) is 2.08. The first kappa shape index (κ1) is 11.8. The van der Waals surface area contributed by atoms with E-state index in [1.165, 1.54) is 0 Å². The summed E-state index contributed by atoms with van der Waals surface area (Å²) in [5.41, 5.74) is 0. The third-order valence-electron chi connectivity index (χ3n) is 2.26. The van der Waals surface area contributed by atoms with Gasteiger partial charge in [0.05, 0.1) is 0 Å². The molecule has 1 aliphatic rings. The van der Waals surface area contributed by atoms with Crippen molar-refractivity contribution >= 4 is 10.0 Å². The predicted molar refractivity (Wildman–Crippen MR) is 48.6 cm³/mol. The molecule has 0 bridgehead atoms. The molecule has 0 radical (unpaired) electrons. The molecular formula is C7H14F2N2O2S. The third-order valence-corrected chi connectivity index (χ3v) is 3.87. The zero-order chi connectivity index (χ0) is 10.9. The van der Waals surface area contributed by atoms with Gasteiger partial charge in [-0.2, -0.15) is 13.1 Å². The van der Waals surface area contributed by atoms with Crippen LogP contribution in [-0.2, 0) is 10.0 Å². The van der Waals surface area contributed by atoms with Gasteiger partial charge in [0.1, 0.15) is 0 Å². The van der Waals surface area contributed by atoms with Gasteiger partial charge >= 0.3 is 5.76 Å². The molecule has 0 aliphatic carbocycles. The lowest BCUT2D eigenvalue weighted by atomic mass is 10.2. The minimum absolute atomic E-state index is 0.0836. The lowest BCUT2D eigenvalue weighted by Crippen LogP contribution is -2.57. The Kier molecular flexibility index (Phi) is 3.44. The zero-order valence-electron chi connectivity index (χ0n) is 8.07. The number of nitrogens with one attached hydrogen (secondary N) is 1. The second kappa shape index (κ2) is 4.08. The lowest BCUT2D eigenvalue weighted by molar-refractivity contribution is 0.190. The van der Waals surface area contributed by atoms with E-state index in [1.807, 2.05) is 0 Å². The summed E-state index contributed by atoms with van der Waals surface area (Å²) >= 11 is 0. The number of hydrogen-bond acceptors (Lipinski definition) is 3. The van der Waals surface area contributed by atoms with Gasteiger partial charge in [-0.25, -0.2) is 8.42 Å². The van der Waals surface area contributed by atoms with Crippen LogP contribution in [0.1, 0.15) is 13.8 Å². The fourth-order valence-corrected chi connectivity index (χ4v) is 2.66. The van der Waals surface area contributed by atoms with Crippen LogP contribution in [-0.4, -0.2) is 43.7 Å². The first-order chi connectivity index (χ1) is 6.35. The maximum atomic E-state index is 12.2. The Morgan fingerprint density at radius 2 is 2.00 bits per heavy atom. The van der Waals surface area contributed by atoms with E-state index >= 15 is 0 Å². The molecule has 0 spiro atoms. The van der Waals surface area contributed by atoms with E-state index in [0.717, 1.165) is 4.31 Å². The summed E-state index contributed by atoms with van der Waals surface area (Å²) in [5.74, 6) is -3.32. The van der Waals surface area contributed by atoms with Crippen LogP contribution in [0.15, 0.2) is 0 Å². The summed E-state index contributed by atoms with van der Waals surface area (Å²) in [6.07, 6.45) is 0. The standard InChI is InChI=1S/C7H14F2N2O2S/c1-5-4-11(6(2)3-10-5)14(12,13)7(8)9/h5-7,10H,3-4H2,1-2H3. The number of nitrogens with zero attached hydrogens (tertiary/aromatic N) is 1. The summed E-state index contributed by atoms with van der Waals surface area (Å²) in [7, 11) is -4.42. The van der Waals surface area contributed by atoms with E-state index in [1.54, 1.807) is 13.8 Å². The normalized spacial score (nSPS) is 30.9. The van der Waals surface area contributed by atoms with Gasteiger partial charge in [0, 0.05) is 25.2 Å². The molecule has 84 valence electrons. The third kappa shape index (κ3) is 2.21. The Morgan fingerprint density at radius 1 is 1.43 bits per heavy atom. The van der Waals surface area contributed by atoms with Gasteiger partial charge in [0.2, 0.25) is 0 Å². The summed E-state index contributed by atoms with van der Waals surface area (Å²) < 4.78 is 47.7. The van der Waals surface area contributed by atoms with Gasteiger partial charge in [0.15, 0.2) is 0 Å². The van der Waals surface area contributed by atoms with Crippen molar-refractivity contribution in [2.75, 3.05) is 13.1 Å². The summed E-state index contributed by atoms with van der Waals surface area (Å²) in [6, 6.07) is -0.495. The predicted octanol–water partition coefficient (Wildman–Crippen LogP) is 0.221. The summed E-state index contributed by atoms with van der Waals surface area (Å²) in [5, 5.41) is 3.02. The molecule has 1 rings (SSSR count). The second-order valence-corrected chi connectivity index (χ2v) is 5.39. The highest BCUT2D eigenvalue weighted by Gasteiger charge is 2.38. The van der Waals surface area contributed by atoms with Crippen molar-refractivity contribution in [3.8, 4) is 0 Å². The fraction of sp³-hybridized carbons (Fsp3) is 1.00. The van der Waals surface area contributed by atoms with Crippen LogP contribution in [0.2, 0.25) is 0 Å². The number of sulfonamides is 1. The Hall–Kier alpha value is -0.270.